The lowest BCUT2D eigenvalue weighted by Crippen LogP contribution is -2.45. The molecule has 3 N–H and O–H groups in total. The van der Waals surface area contributed by atoms with Crippen LogP contribution in [0.3, 0.4) is 0 Å². The third kappa shape index (κ3) is 25.2. The second kappa shape index (κ2) is 36.7. The molecule has 75 heavy (non-hydrogen) atoms. The minimum atomic E-state index is -0.966. The highest BCUT2D eigenvalue weighted by Crippen LogP contribution is 2.32. The van der Waals surface area contributed by atoms with Crippen molar-refractivity contribution in [3.63, 3.8) is 0 Å². The van der Waals surface area contributed by atoms with Crippen LogP contribution < -0.4 is 5.32 Å². The van der Waals surface area contributed by atoms with Crippen LogP contribution in [0.1, 0.15) is 121 Å². The molecule has 17 nitrogen and oxygen atoms in total. The first-order chi connectivity index (χ1) is 35.4. The minimum Gasteiger partial charge on any atom is -0.462 e. The number of aliphatic hydroxyl groups excluding tert-OH is 2. The Morgan fingerprint density at radius 2 is 1.60 bits per heavy atom. The van der Waals surface area contributed by atoms with Gasteiger partial charge in [-0.3, -0.25) is 24.1 Å². The number of ether oxygens (including phenoxy) is 7. The summed E-state index contributed by atoms with van der Waals surface area (Å²) in [5, 5.41) is 26.4. The lowest BCUT2D eigenvalue weighted by Gasteiger charge is -2.35. The number of cyclic esters (lactones) is 1. The van der Waals surface area contributed by atoms with Crippen molar-refractivity contribution in [2.75, 3.05) is 56.1 Å². The number of hydrogen-bond donors (Lipinski definition) is 3. The number of allylic oxidation sites excluding steroid dienone is 3. The number of aliphatic hydroxyl groups is 2. The van der Waals surface area contributed by atoms with Crippen LogP contribution in [0.4, 0.5) is 0 Å². The summed E-state index contributed by atoms with van der Waals surface area (Å²) in [4.78, 5) is 67.2. The van der Waals surface area contributed by atoms with Gasteiger partial charge in [0.1, 0.15) is 36.5 Å². The molecule has 0 saturated heterocycles. The number of amides is 1. The number of likely N-dealkylation sites (N-methyl/N-ethyl adjacent to an activating group) is 2. The molecular formula is C58H99N3O14. The molecule has 0 aromatic rings. The normalized spacial score (nSPS) is 28.7. The molecule has 1 rings (SSSR count). The van der Waals surface area contributed by atoms with Crippen molar-refractivity contribution < 1.29 is 67.3 Å². The number of rotatable bonds is 23. The van der Waals surface area contributed by atoms with Crippen LogP contribution in [0.2, 0.25) is 0 Å². The fourth-order valence-electron chi connectivity index (χ4n) is 9.29. The predicted molar refractivity (Wildman–Crippen MR) is 292 cm³/mol. The first-order valence-corrected chi connectivity index (χ1v) is 26.9. The molecule has 0 saturated carbocycles. The molecule has 0 radical (unpaired) electrons. The van der Waals surface area contributed by atoms with E-state index < -0.39 is 90.3 Å². The molecule has 17 heteroatoms. The van der Waals surface area contributed by atoms with Gasteiger partial charge in [-0.15, -0.1) is 0 Å². The molecular weight excluding hydrogens is 963 g/mol. The van der Waals surface area contributed by atoms with E-state index in [1.165, 1.54) is 25.0 Å². The molecule has 1 aliphatic heterocycles. The number of hydrogen-bond acceptors (Lipinski definition) is 16. The van der Waals surface area contributed by atoms with Gasteiger partial charge in [-0.1, -0.05) is 91.0 Å². The Hall–Kier alpha value is -4.23. The van der Waals surface area contributed by atoms with E-state index in [1.807, 2.05) is 53.7 Å². The largest absolute Gasteiger partial charge is 0.462 e. The predicted octanol–water partition coefficient (Wildman–Crippen LogP) is 7.39. The lowest BCUT2D eigenvalue weighted by molar-refractivity contribution is -0.166. The van der Waals surface area contributed by atoms with Gasteiger partial charge >= 0.3 is 23.9 Å². The maximum atomic E-state index is 13.5. The highest BCUT2D eigenvalue weighted by atomic mass is 16.6. The Balaban J connectivity index is 3.62. The Labute approximate surface area is 450 Å². The SMILES string of the molecule is CN[C@@H](COC)C(=O)O[C@H]1[C@@H](C)[C@H](O)C/C=C/C=C/C(=O)O[C@H]([C@@H](C)[C@@H](O)[C@@H](C)CC[C@@H](OC(=O)[C@H](C)N(C)C)[C@H](C)[C@H](OC(C)=O)[C@H](C)/C=C/N(C)C=O)C/C=C/[C@H](OC)C[C@H](C)C/C=C(\C)[C@@H](OC)CC[C@H]1C. The minimum absolute atomic E-state index is 0.127. The molecule has 1 aliphatic rings. The zero-order valence-corrected chi connectivity index (χ0v) is 48.6. The average Bonchev–Trinajstić information content (AvgIpc) is 3.38. The Morgan fingerprint density at radius 3 is 2.19 bits per heavy atom. The Bertz CT molecular complexity index is 1840. The summed E-state index contributed by atoms with van der Waals surface area (Å²) in [7, 11) is 11.7. The molecule has 17 atom stereocenters. The molecule has 0 fully saturated rings. The van der Waals surface area contributed by atoms with E-state index in [-0.39, 0.29) is 55.3 Å². The van der Waals surface area contributed by atoms with E-state index in [2.05, 4.69) is 25.2 Å². The van der Waals surface area contributed by atoms with Crippen LogP contribution in [0.15, 0.2) is 60.4 Å². The zero-order chi connectivity index (χ0) is 56.9. The average molecular weight is 1060 g/mol. The molecule has 1 amide bonds. The standard InChI is InChI=1S/C58H99N3O14/c1-37-26-27-38(2)50(71-17)30-29-40(4)55(75-58(68)48(59-11)35-69-15)42(6)49(64)23-19-18-20-25-53(65)73-51(24-21-22-47(34-37)70-16)43(7)54(66)39(3)28-31-52(74-57(67)45(9)60(12)13)44(8)56(72-46(10)63)41(5)32-33-61(14)36-62/h18-22,25,27,32-33,36-37,39-45,47-52,54-56,59,64,66H,23-24,26,28-31,34-35H2,1-17H3/b19-18+,22-21+,25-20+,33-32+,38-27+/t37-,39+,40-,41-,42+,43-,44+,45+,47+,48+,49-,50+,51+,52-,54+,55-,56-/m1/s1. The molecule has 0 spiro atoms. The van der Waals surface area contributed by atoms with Gasteiger partial charge < -0.3 is 53.6 Å². The van der Waals surface area contributed by atoms with Crippen molar-refractivity contribution in [3.8, 4) is 0 Å². The van der Waals surface area contributed by atoms with Crippen LogP contribution in [0, 0.1) is 41.4 Å². The highest BCUT2D eigenvalue weighted by Gasteiger charge is 2.38. The smallest absolute Gasteiger partial charge is 0.331 e. The molecule has 1 heterocycles. The van der Waals surface area contributed by atoms with Crippen molar-refractivity contribution in [1.29, 1.82) is 0 Å². The van der Waals surface area contributed by atoms with Crippen LogP contribution in [0.25, 0.3) is 0 Å². The van der Waals surface area contributed by atoms with E-state index in [1.54, 1.807) is 84.7 Å². The number of nitrogens with zero attached hydrogens (tertiary/aromatic N) is 2. The maximum absolute atomic E-state index is 13.5. The van der Waals surface area contributed by atoms with Crippen molar-refractivity contribution in [2.45, 2.75) is 182 Å². The van der Waals surface area contributed by atoms with Gasteiger partial charge in [0.15, 0.2) is 0 Å². The summed E-state index contributed by atoms with van der Waals surface area (Å²) < 4.78 is 41.4. The van der Waals surface area contributed by atoms with Crippen molar-refractivity contribution >= 4 is 30.3 Å². The molecule has 0 aromatic carbocycles. The molecule has 0 aliphatic carbocycles. The molecule has 0 bridgehead atoms. The summed E-state index contributed by atoms with van der Waals surface area (Å²) in [6.07, 6.45) is 15.3. The first kappa shape index (κ1) is 68.8. The topological polar surface area (TPSA) is 209 Å². The summed E-state index contributed by atoms with van der Waals surface area (Å²) in [6, 6.07) is -1.25. The quantitative estimate of drug-likeness (QED) is 0.0394. The summed E-state index contributed by atoms with van der Waals surface area (Å²) in [5.41, 5.74) is 1.09. The third-order valence-corrected chi connectivity index (χ3v) is 14.9. The van der Waals surface area contributed by atoms with Gasteiger partial charge in [-0.25, -0.2) is 4.79 Å². The maximum Gasteiger partial charge on any atom is 0.331 e. The summed E-state index contributed by atoms with van der Waals surface area (Å²) in [5.74, 6) is -4.17. The van der Waals surface area contributed by atoms with E-state index >= 15 is 0 Å². The fourth-order valence-corrected chi connectivity index (χ4v) is 9.29. The number of carbonyl (C=O) groups excluding carboxylic acids is 5. The van der Waals surface area contributed by atoms with E-state index in [4.69, 9.17) is 33.2 Å². The van der Waals surface area contributed by atoms with E-state index in [0.29, 0.717) is 38.5 Å². The van der Waals surface area contributed by atoms with Crippen LogP contribution >= 0.6 is 0 Å². The van der Waals surface area contributed by atoms with E-state index in [9.17, 15) is 34.2 Å². The van der Waals surface area contributed by atoms with Gasteiger partial charge in [0.05, 0.1) is 31.0 Å². The number of esters is 4. The van der Waals surface area contributed by atoms with Crippen LogP contribution in [-0.2, 0) is 57.1 Å². The number of methoxy groups -OCH3 is 3. The fraction of sp³-hybridized carbons (Fsp3) is 0.741. The summed E-state index contributed by atoms with van der Waals surface area (Å²) in [6.45, 7) is 18.8. The summed E-state index contributed by atoms with van der Waals surface area (Å²) >= 11 is 0. The monoisotopic (exact) mass is 1060 g/mol. The highest BCUT2D eigenvalue weighted by molar-refractivity contribution is 5.82. The van der Waals surface area contributed by atoms with Gasteiger partial charge in [-0.05, 0) is 103 Å². The third-order valence-electron chi connectivity index (χ3n) is 14.9. The second-order valence-electron chi connectivity index (χ2n) is 21.3. The number of carbonyl (C=O) groups is 5. The van der Waals surface area contributed by atoms with Gasteiger partial charge in [0, 0.05) is 77.7 Å². The first-order valence-electron chi connectivity index (χ1n) is 26.9. The zero-order valence-electron chi connectivity index (χ0n) is 48.6. The van der Waals surface area contributed by atoms with Crippen molar-refractivity contribution in [1.82, 2.24) is 15.1 Å². The van der Waals surface area contributed by atoms with Gasteiger partial charge in [-0.2, -0.15) is 0 Å². The van der Waals surface area contributed by atoms with Crippen LogP contribution in [-0.4, -0.2) is 167 Å². The van der Waals surface area contributed by atoms with Gasteiger partial charge in [0.2, 0.25) is 6.41 Å². The Kier molecular flexibility index (Phi) is 33.7. The second-order valence-corrected chi connectivity index (χ2v) is 21.3. The molecule has 0 unspecified atom stereocenters. The van der Waals surface area contributed by atoms with Crippen molar-refractivity contribution in [2.24, 2.45) is 41.4 Å². The lowest BCUT2D eigenvalue weighted by atomic mass is 9.82. The van der Waals surface area contributed by atoms with Crippen LogP contribution in [0.5, 0.6) is 0 Å². The van der Waals surface area contributed by atoms with E-state index in [0.717, 1.165) is 12.0 Å². The molecule has 0 aromatic heterocycles. The van der Waals surface area contributed by atoms with Crippen molar-refractivity contribution in [3.05, 3.63) is 60.4 Å². The number of nitrogens with one attached hydrogen (secondary N) is 1. The molecule has 430 valence electrons. The van der Waals surface area contributed by atoms with Gasteiger partial charge in [0.25, 0.3) is 0 Å². The Morgan fingerprint density at radius 1 is 0.920 bits per heavy atom.